The maximum absolute atomic E-state index is 11.5. The van der Waals surface area contributed by atoms with E-state index in [-0.39, 0.29) is 5.97 Å². The Morgan fingerprint density at radius 3 is 2.00 bits per heavy atom. The highest BCUT2D eigenvalue weighted by Gasteiger charge is 2.29. The Labute approximate surface area is 112 Å². The number of carbonyl (C=O) groups excluding carboxylic acids is 1. The number of esters is 1. The third-order valence-electron chi connectivity index (χ3n) is 2.85. The largest absolute Gasteiger partial charge is 0.468 e. The Kier molecular flexibility index (Phi) is 7.48. The summed E-state index contributed by atoms with van der Waals surface area (Å²) in [5.41, 5.74) is 5.09. The third-order valence-corrected chi connectivity index (χ3v) is 2.85. The van der Waals surface area contributed by atoms with E-state index in [0.29, 0.717) is 18.3 Å². The number of ether oxygens (including phenoxy) is 1. The number of methoxy groups -OCH3 is 1. The highest BCUT2D eigenvalue weighted by Crippen LogP contribution is 2.11. The fourth-order valence-corrected chi connectivity index (χ4v) is 2.02. The highest BCUT2D eigenvalue weighted by molar-refractivity contribution is 5.79. The van der Waals surface area contributed by atoms with Crippen LogP contribution in [0.4, 0.5) is 0 Å². The minimum Gasteiger partial charge on any atom is -0.468 e. The number of hydrogen-bond acceptors (Lipinski definition) is 4. The van der Waals surface area contributed by atoms with Gasteiger partial charge in [0, 0.05) is 19.6 Å². The lowest BCUT2D eigenvalue weighted by atomic mass is 9.98. The van der Waals surface area contributed by atoms with E-state index in [0.717, 1.165) is 19.6 Å². The van der Waals surface area contributed by atoms with Gasteiger partial charge in [-0.05, 0) is 25.2 Å². The van der Waals surface area contributed by atoms with Gasteiger partial charge in [-0.15, -0.1) is 0 Å². The fraction of sp³-hybridized carbons (Fsp3) is 0.929. The molecule has 0 aliphatic rings. The molecule has 0 rings (SSSR count). The number of carbonyl (C=O) groups is 1. The van der Waals surface area contributed by atoms with Gasteiger partial charge in [0.15, 0.2) is 0 Å². The first-order chi connectivity index (χ1) is 8.19. The van der Waals surface area contributed by atoms with Crippen LogP contribution < -0.4 is 5.73 Å². The second-order valence-electron chi connectivity index (χ2n) is 6.21. The second kappa shape index (κ2) is 7.74. The molecule has 0 aliphatic heterocycles. The Bertz CT molecular complexity index is 240. The van der Waals surface area contributed by atoms with E-state index in [9.17, 15) is 4.79 Å². The summed E-state index contributed by atoms with van der Waals surface area (Å²) in [6.45, 7) is 13.5. The molecule has 0 aromatic rings. The minimum atomic E-state index is -0.888. The van der Waals surface area contributed by atoms with Crippen molar-refractivity contribution in [1.82, 2.24) is 4.90 Å². The molecule has 0 aliphatic carbocycles. The van der Waals surface area contributed by atoms with E-state index in [1.165, 1.54) is 7.11 Å². The fourth-order valence-electron chi connectivity index (χ4n) is 2.02. The van der Waals surface area contributed by atoms with Gasteiger partial charge in [0.05, 0.1) is 7.11 Å². The molecule has 0 aromatic carbocycles. The molecule has 108 valence electrons. The maximum Gasteiger partial charge on any atom is 0.325 e. The van der Waals surface area contributed by atoms with E-state index < -0.39 is 5.54 Å². The molecule has 1 unspecified atom stereocenters. The summed E-state index contributed by atoms with van der Waals surface area (Å²) < 4.78 is 4.73. The van der Waals surface area contributed by atoms with Crippen LogP contribution in [0.2, 0.25) is 0 Å². The van der Waals surface area contributed by atoms with Crippen molar-refractivity contribution in [3.8, 4) is 0 Å². The molecule has 0 saturated carbocycles. The van der Waals surface area contributed by atoms with Crippen molar-refractivity contribution in [2.45, 2.75) is 46.6 Å². The Hall–Kier alpha value is -0.610. The summed E-state index contributed by atoms with van der Waals surface area (Å²) in [4.78, 5) is 13.9. The quantitative estimate of drug-likeness (QED) is 0.675. The van der Waals surface area contributed by atoms with Crippen LogP contribution in [-0.2, 0) is 9.53 Å². The van der Waals surface area contributed by atoms with Gasteiger partial charge < -0.3 is 15.4 Å². The van der Waals surface area contributed by atoms with E-state index in [4.69, 9.17) is 10.5 Å². The van der Waals surface area contributed by atoms with E-state index in [1.807, 2.05) is 0 Å². The zero-order valence-electron chi connectivity index (χ0n) is 12.8. The zero-order valence-corrected chi connectivity index (χ0v) is 12.8. The molecular weight excluding hydrogens is 228 g/mol. The summed E-state index contributed by atoms with van der Waals surface area (Å²) in [7, 11) is 1.38. The highest BCUT2D eigenvalue weighted by atomic mass is 16.5. The lowest BCUT2D eigenvalue weighted by Crippen LogP contribution is -2.48. The van der Waals surface area contributed by atoms with Gasteiger partial charge in [0.1, 0.15) is 5.54 Å². The monoisotopic (exact) mass is 258 g/mol. The summed E-state index contributed by atoms with van der Waals surface area (Å²) in [6.07, 6.45) is 0.624. The smallest absolute Gasteiger partial charge is 0.325 e. The average Bonchev–Trinajstić information content (AvgIpc) is 2.23. The van der Waals surface area contributed by atoms with Gasteiger partial charge in [-0.1, -0.05) is 27.7 Å². The normalized spacial score (nSPS) is 15.2. The first kappa shape index (κ1) is 17.4. The van der Waals surface area contributed by atoms with Crippen LogP contribution >= 0.6 is 0 Å². The molecule has 0 radical (unpaired) electrons. The summed E-state index contributed by atoms with van der Waals surface area (Å²) in [5.74, 6) is 0.897. The molecule has 0 bridgehead atoms. The van der Waals surface area contributed by atoms with Crippen molar-refractivity contribution in [3.63, 3.8) is 0 Å². The van der Waals surface area contributed by atoms with Crippen molar-refractivity contribution in [2.24, 2.45) is 17.6 Å². The van der Waals surface area contributed by atoms with Crippen LogP contribution in [0.25, 0.3) is 0 Å². The molecule has 0 aromatic heterocycles. The molecule has 0 spiro atoms. The van der Waals surface area contributed by atoms with Gasteiger partial charge in [-0.3, -0.25) is 4.79 Å². The molecule has 2 N–H and O–H groups in total. The molecule has 0 amide bonds. The van der Waals surface area contributed by atoms with E-state index in [2.05, 4.69) is 32.6 Å². The van der Waals surface area contributed by atoms with Crippen LogP contribution in [0, 0.1) is 11.8 Å². The first-order valence-corrected chi connectivity index (χ1v) is 6.78. The predicted octanol–water partition coefficient (Wildman–Crippen LogP) is 1.88. The van der Waals surface area contributed by atoms with E-state index >= 15 is 0 Å². The predicted molar refractivity (Wildman–Crippen MR) is 75.3 cm³/mol. The van der Waals surface area contributed by atoms with Crippen molar-refractivity contribution in [2.75, 3.05) is 26.7 Å². The van der Waals surface area contributed by atoms with Crippen LogP contribution in [0.15, 0.2) is 0 Å². The van der Waals surface area contributed by atoms with Crippen LogP contribution in [0.5, 0.6) is 0 Å². The Balaban J connectivity index is 4.36. The van der Waals surface area contributed by atoms with Gasteiger partial charge in [0.2, 0.25) is 0 Å². The summed E-state index contributed by atoms with van der Waals surface area (Å²) in [5, 5.41) is 0. The molecular formula is C14H30N2O2. The van der Waals surface area contributed by atoms with Crippen molar-refractivity contribution in [3.05, 3.63) is 0 Å². The molecule has 1 atom stereocenters. The van der Waals surface area contributed by atoms with Crippen molar-refractivity contribution >= 4 is 5.97 Å². The summed E-state index contributed by atoms with van der Waals surface area (Å²) in [6, 6.07) is 0. The van der Waals surface area contributed by atoms with Crippen LogP contribution in [0.3, 0.4) is 0 Å². The Morgan fingerprint density at radius 1 is 1.22 bits per heavy atom. The second-order valence-corrected chi connectivity index (χ2v) is 6.21. The van der Waals surface area contributed by atoms with E-state index in [1.54, 1.807) is 6.92 Å². The average molecular weight is 258 g/mol. The van der Waals surface area contributed by atoms with Crippen LogP contribution in [0.1, 0.15) is 41.0 Å². The number of hydrogen-bond donors (Lipinski definition) is 1. The number of rotatable bonds is 8. The topological polar surface area (TPSA) is 55.6 Å². The van der Waals surface area contributed by atoms with Crippen molar-refractivity contribution in [1.29, 1.82) is 0 Å². The molecule has 4 nitrogen and oxygen atoms in total. The zero-order chi connectivity index (χ0) is 14.3. The standard InChI is InChI=1S/C14H30N2O2/c1-11(2)9-16(10-12(3)4)8-7-14(5,15)13(17)18-6/h11-12H,7-10,15H2,1-6H3. The molecule has 0 heterocycles. The Morgan fingerprint density at radius 2 is 1.67 bits per heavy atom. The SMILES string of the molecule is COC(=O)C(C)(N)CCN(CC(C)C)CC(C)C. The van der Waals surface area contributed by atoms with Crippen LogP contribution in [-0.4, -0.2) is 43.2 Å². The number of nitrogens with two attached hydrogens (primary N) is 1. The van der Waals surface area contributed by atoms with Gasteiger partial charge in [0.25, 0.3) is 0 Å². The summed E-state index contributed by atoms with van der Waals surface area (Å²) >= 11 is 0. The lowest BCUT2D eigenvalue weighted by Gasteiger charge is -2.29. The minimum absolute atomic E-state index is 0.337. The maximum atomic E-state index is 11.5. The molecule has 18 heavy (non-hydrogen) atoms. The van der Waals surface area contributed by atoms with Gasteiger partial charge >= 0.3 is 5.97 Å². The van der Waals surface area contributed by atoms with Gasteiger partial charge in [-0.2, -0.15) is 0 Å². The molecule has 4 heteroatoms. The van der Waals surface area contributed by atoms with Crippen molar-refractivity contribution < 1.29 is 9.53 Å². The molecule has 0 fully saturated rings. The lowest BCUT2D eigenvalue weighted by molar-refractivity contribution is -0.146. The molecule has 0 saturated heterocycles. The number of nitrogens with zero attached hydrogens (tertiary/aromatic N) is 1. The first-order valence-electron chi connectivity index (χ1n) is 6.78. The third kappa shape index (κ3) is 6.97. The van der Waals surface area contributed by atoms with Gasteiger partial charge in [-0.25, -0.2) is 0 Å².